The van der Waals surface area contributed by atoms with E-state index in [1.807, 2.05) is 18.3 Å². The second kappa shape index (κ2) is 7.26. The van der Waals surface area contributed by atoms with Gasteiger partial charge in [-0.25, -0.2) is 0 Å². The lowest BCUT2D eigenvalue weighted by molar-refractivity contribution is 0.701. The summed E-state index contributed by atoms with van der Waals surface area (Å²) in [6.07, 6.45) is 4.72. The van der Waals surface area contributed by atoms with Crippen LogP contribution in [-0.2, 0) is 0 Å². The van der Waals surface area contributed by atoms with Crippen LogP contribution in [0.2, 0.25) is 0 Å². The zero-order chi connectivity index (χ0) is 16.9. The zero-order valence-corrected chi connectivity index (χ0v) is 14.1. The highest BCUT2D eigenvalue weighted by molar-refractivity contribution is 5.62. The summed E-state index contributed by atoms with van der Waals surface area (Å²) in [5.74, 6) is 0.593. The Hall–Kier alpha value is -3.01. The average Bonchev–Trinajstić information content (AvgIpc) is 3.07. The molecule has 0 amide bonds. The fourth-order valence-corrected chi connectivity index (χ4v) is 3.28. The lowest BCUT2D eigenvalue weighted by atomic mass is 9.98. The number of nitrogens with zero attached hydrogens (tertiary/aromatic N) is 1. The van der Waals surface area contributed by atoms with Crippen molar-refractivity contribution in [2.24, 2.45) is 0 Å². The number of fused-ring (bicyclic) bond motifs is 1. The van der Waals surface area contributed by atoms with Crippen molar-refractivity contribution in [2.45, 2.75) is 12.3 Å². The van der Waals surface area contributed by atoms with Crippen LogP contribution in [0.5, 0.6) is 0 Å². The van der Waals surface area contributed by atoms with Crippen LogP contribution in [0.3, 0.4) is 0 Å². The third-order valence-electron chi connectivity index (χ3n) is 4.60. The number of rotatable bonds is 6. The number of benzene rings is 2. The van der Waals surface area contributed by atoms with Crippen molar-refractivity contribution in [3.05, 3.63) is 78.6 Å². The summed E-state index contributed by atoms with van der Waals surface area (Å²) in [7, 11) is 0. The Morgan fingerprint density at radius 1 is 0.920 bits per heavy atom. The normalized spacial score (nSPS) is 15.3. The summed E-state index contributed by atoms with van der Waals surface area (Å²) in [6, 6.07) is 20.9. The third kappa shape index (κ3) is 3.74. The molecule has 2 aromatic carbocycles. The van der Waals surface area contributed by atoms with Gasteiger partial charge in [0.25, 0.3) is 0 Å². The van der Waals surface area contributed by atoms with Gasteiger partial charge in [-0.1, -0.05) is 18.2 Å². The van der Waals surface area contributed by atoms with Gasteiger partial charge in [-0.2, -0.15) is 0 Å². The smallest absolute Gasteiger partial charge is 0.0570 e. The lowest BCUT2D eigenvalue weighted by Gasteiger charge is -2.12. The average molecular weight is 330 g/mol. The highest BCUT2D eigenvalue weighted by Crippen LogP contribution is 2.33. The quantitative estimate of drug-likeness (QED) is 0.605. The largest absolute Gasteiger partial charge is 0.385 e. The molecule has 4 rings (SSSR count). The van der Waals surface area contributed by atoms with Crippen LogP contribution in [0.25, 0.3) is 0 Å². The molecule has 0 saturated heterocycles. The molecule has 1 aromatic heterocycles. The van der Waals surface area contributed by atoms with E-state index in [0.29, 0.717) is 5.92 Å². The second-order valence-corrected chi connectivity index (χ2v) is 6.32. The first kappa shape index (κ1) is 15.5. The summed E-state index contributed by atoms with van der Waals surface area (Å²) in [6.45, 7) is 2.01. The molecule has 126 valence electrons. The van der Waals surface area contributed by atoms with Crippen LogP contribution < -0.4 is 16.0 Å². The van der Waals surface area contributed by atoms with Gasteiger partial charge >= 0.3 is 0 Å². The number of pyridine rings is 1. The maximum Gasteiger partial charge on any atom is 0.0570 e. The van der Waals surface area contributed by atoms with Crippen LogP contribution in [0, 0.1) is 0 Å². The summed E-state index contributed by atoms with van der Waals surface area (Å²) >= 11 is 0. The van der Waals surface area contributed by atoms with Crippen molar-refractivity contribution in [2.75, 3.05) is 29.0 Å². The van der Waals surface area contributed by atoms with E-state index in [2.05, 4.69) is 69.5 Å². The number of nitrogens with one attached hydrogen (secondary N) is 3. The van der Waals surface area contributed by atoms with Crippen LogP contribution in [-0.4, -0.2) is 18.1 Å². The van der Waals surface area contributed by atoms with Crippen molar-refractivity contribution in [1.82, 2.24) is 4.98 Å². The summed E-state index contributed by atoms with van der Waals surface area (Å²) in [4.78, 5) is 4.11. The maximum atomic E-state index is 4.11. The minimum absolute atomic E-state index is 0.593. The first-order valence-electron chi connectivity index (χ1n) is 8.72. The van der Waals surface area contributed by atoms with E-state index >= 15 is 0 Å². The van der Waals surface area contributed by atoms with Crippen LogP contribution >= 0.6 is 0 Å². The van der Waals surface area contributed by atoms with Crippen molar-refractivity contribution in [1.29, 1.82) is 0 Å². The fraction of sp³-hybridized carbons (Fsp3) is 0.190. The molecule has 0 aliphatic carbocycles. The molecule has 0 radical (unpaired) electrons. The molecule has 1 aliphatic rings. The fourth-order valence-electron chi connectivity index (χ4n) is 3.28. The molecule has 3 aromatic rings. The molecule has 2 heterocycles. The highest BCUT2D eigenvalue weighted by Gasteiger charge is 2.20. The van der Waals surface area contributed by atoms with E-state index in [1.54, 1.807) is 6.20 Å². The molecular formula is C21H22N4. The van der Waals surface area contributed by atoms with Gasteiger partial charge in [0.05, 0.1) is 11.9 Å². The Bertz CT molecular complexity index is 815. The Kier molecular flexibility index (Phi) is 4.51. The number of anilines is 4. The topological polar surface area (TPSA) is 49.0 Å². The van der Waals surface area contributed by atoms with Gasteiger partial charge in [-0.05, 0) is 54.4 Å². The molecule has 4 nitrogen and oxygen atoms in total. The molecule has 0 saturated carbocycles. The van der Waals surface area contributed by atoms with Crippen LogP contribution in [0.1, 0.15) is 17.9 Å². The Labute approximate surface area is 148 Å². The number of hydrogen-bond acceptors (Lipinski definition) is 4. The van der Waals surface area contributed by atoms with Gasteiger partial charge in [0.15, 0.2) is 0 Å². The Balaban J connectivity index is 1.29. The van der Waals surface area contributed by atoms with Crippen molar-refractivity contribution >= 4 is 22.7 Å². The molecule has 0 fully saturated rings. The summed E-state index contributed by atoms with van der Waals surface area (Å²) in [5.41, 5.74) is 5.94. The maximum absolute atomic E-state index is 4.11. The van der Waals surface area contributed by atoms with E-state index in [1.165, 1.54) is 11.3 Å². The number of hydrogen-bond donors (Lipinski definition) is 3. The lowest BCUT2D eigenvalue weighted by Crippen LogP contribution is -2.09. The highest BCUT2D eigenvalue weighted by atomic mass is 14.9. The van der Waals surface area contributed by atoms with E-state index in [0.717, 1.165) is 36.6 Å². The van der Waals surface area contributed by atoms with E-state index in [4.69, 9.17) is 0 Å². The first-order valence-corrected chi connectivity index (χ1v) is 8.72. The van der Waals surface area contributed by atoms with Gasteiger partial charge in [0.1, 0.15) is 0 Å². The standard InChI is InChI=1S/C21H22N4/c1-2-6-21-20(5-1)16(14-24-21)11-13-23-17-7-9-18(10-8-17)25-19-4-3-12-22-15-19/h1-10,12,15-16,23-25H,11,13-14H2. The molecule has 1 aliphatic heterocycles. The third-order valence-corrected chi connectivity index (χ3v) is 4.60. The van der Waals surface area contributed by atoms with Gasteiger partial charge in [0, 0.05) is 42.3 Å². The minimum Gasteiger partial charge on any atom is -0.385 e. The van der Waals surface area contributed by atoms with Crippen molar-refractivity contribution in [3.8, 4) is 0 Å². The number of para-hydroxylation sites is 1. The Morgan fingerprint density at radius 3 is 2.60 bits per heavy atom. The van der Waals surface area contributed by atoms with Gasteiger partial charge < -0.3 is 16.0 Å². The molecular weight excluding hydrogens is 308 g/mol. The van der Waals surface area contributed by atoms with E-state index < -0.39 is 0 Å². The molecule has 1 unspecified atom stereocenters. The monoisotopic (exact) mass is 330 g/mol. The van der Waals surface area contributed by atoms with Gasteiger partial charge in [0.2, 0.25) is 0 Å². The van der Waals surface area contributed by atoms with Crippen molar-refractivity contribution in [3.63, 3.8) is 0 Å². The summed E-state index contributed by atoms with van der Waals surface area (Å²) in [5, 5.41) is 10.4. The first-order chi connectivity index (χ1) is 12.4. The van der Waals surface area contributed by atoms with E-state index in [-0.39, 0.29) is 0 Å². The van der Waals surface area contributed by atoms with Crippen LogP contribution in [0.15, 0.2) is 73.1 Å². The second-order valence-electron chi connectivity index (χ2n) is 6.32. The minimum atomic E-state index is 0.593. The molecule has 3 N–H and O–H groups in total. The SMILES string of the molecule is c1cncc(Nc2ccc(NCCC3CNc4ccccc43)cc2)c1. The van der Waals surface area contributed by atoms with Gasteiger partial charge in [-0.3, -0.25) is 4.98 Å². The predicted molar refractivity (Wildman–Crippen MR) is 105 cm³/mol. The Morgan fingerprint density at radius 2 is 1.76 bits per heavy atom. The zero-order valence-electron chi connectivity index (χ0n) is 14.1. The molecule has 0 spiro atoms. The van der Waals surface area contributed by atoms with Crippen LogP contribution in [0.4, 0.5) is 22.7 Å². The molecule has 1 atom stereocenters. The van der Waals surface area contributed by atoms with Crippen molar-refractivity contribution < 1.29 is 0 Å². The van der Waals surface area contributed by atoms with Gasteiger partial charge in [-0.15, -0.1) is 0 Å². The predicted octanol–water partition coefficient (Wildman–Crippen LogP) is 4.84. The molecule has 0 bridgehead atoms. The number of aromatic nitrogens is 1. The summed E-state index contributed by atoms with van der Waals surface area (Å²) < 4.78 is 0. The molecule has 4 heteroatoms. The molecule has 25 heavy (non-hydrogen) atoms. The van der Waals surface area contributed by atoms with E-state index in [9.17, 15) is 0 Å².